The molecule has 106 valence electrons. The number of hydrogen-bond donors (Lipinski definition) is 0. The number of carbonyl (C=O) groups excluding carboxylic acids is 1. The molecule has 0 unspecified atom stereocenters. The first kappa shape index (κ1) is 15.1. The molecule has 0 bridgehead atoms. The summed E-state index contributed by atoms with van der Waals surface area (Å²) in [5, 5.41) is 0. The van der Waals surface area contributed by atoms with E-state index in [1.165, 1.54) is 16.9 Å². The fourth-order valence-electron chi connectivity index (χ4n) is 1.74. The van der Waals surface area contributed by atoms with Crippen molar-refractivity contribution in [3.8, 4) is 5.75 Å². The summed E-state index contributed by atoms with van der Waals surface area (Å²) in [6.45, 7) is 6.46. The van der Waals surface area contributed by atoms with Crippen LogP contribution in [0.4, 0.5) is 0 Å². The minimum absolute atomic E-state index is 0.0322. The van der Waals surface area contributed by atoms with E-state index in [2.05, 4.69) is 26.8 Å². The van der Waals surface area contributed by atoms with E-state index < -0.39 is 0 Å². The molecule has 0 N–H and O–H groups in total. The number of rotatable bonds is 4. The van der Waals surface area contributed by atoms with Crippen LogP contribution in [0.3, 0.4) is 0 Å². The van der Waals surface area contributed by atoms with E-state index in [9.17, 15) is 4.79 Å². The van der Waals surface area contributed by atoms with Crippen molar-refractivity contribution in [3.63, 3.8) is 0 Å². The molecular formula is C16H17ClO2S. The van der Waals surface area contributed by atoms with Gasteiger partial charge in [0.1, 0.15) is 5.75 Å². The molecule has 20 heavy (non-hydrogen) atoms. The van der Waals surface area contributed by atoms with E-state index in [1.54, 1.807) is 12.1 Å². The largest absolute Gasteiger partial charge is 0.485 e. The van der Waals surface area contributed by atoms with Gasteiger partial charge in [-0.15, -0.1) is 11.3 Å². The minimum Gasteiger partial charge on any atom is -0.485 e. The first-order valence-electron chi connectivity index (χ1n) is 6.38. The summed E-state index contributed by atoms with van der Waals surface area (Å²) in [6.07, 6.45) is 0. The van der Waals surface area contributed by atoms with Crippen molar-refractivity contribution < 1.29 is 9.53 Å². The summed E-state index contributed by atoms with van der Waals surface area (Å²) >= 11 is 7.09. The van der Waals surface area contributed by atoms with Crippen molar-refractivity contribution in [1.29, 1.82) is 0 Å². The summed E-state index contributed by atoms with van der Waals surface area (Å²) in [5.41, 5.74) is 1.24. The molecule has 0 spiro atoms. The maximum absolute atomic E-state index is 11.9. The van der Waals surface area contributed by atoms with E-state index in [1.807, 2.05) is 18.2 Å². The van der Waals surface area contributed by atoms with Gasteiger partial charge in [0.2, 0.25) is 5.78 Å². The highest BCUT2D eigenvalue weighted by atomic mass is 35.5. The van der Waals surface area contributed by atoms with Crippen LogP contribution in [-0.4, -0.2) is 12.4 Å². The van der Waals surface area contributed by atoms with Gasteiger partial charge in [-0.05, 0) is 35.2 Å². The zero-order valence-electron chi connectivity index (χ0n) is 11.8. The van der Waals surface area contributed by atoms with Crippen LogP contribution in [0.2, 0.25) is 4.34 Å². The standard InChI is InChI=1S/C16H17ClO2S/c1-16(2,3)11-5-4-6-12(9-11)19-10-13(18)14-7-8-15(17)20-14/h4-9H,10H2,1-3H3. The first-order valence-corrected chi connectivity index (χ1v) is 7.57. The van der Waals surface area contributed by atoms with Gasteiger partial charge in [-0.1, -0.05) is 44.5 Å². The topological polar surface area (TPSA) is 26.3 Å². The maximum Gasteiger partial charge on any atom is 0.210 e. The zero-order chi connectivity index (χ0) is 14.8. The molecule has 0 aliphatic heterocycles. The van der Waals surface area contributed by atoms with E-state index in [0.717, 1.165) is 0 Å². The van der Waals surface area contributed by atoms with E-state index in [-0.39, 0.29) is 17.8 Å². The van der Waals surface area contributed by atoms with Gasteiger partial charge in [0.15, 0.2) is 6.61 Å². The minimum atomic E-state index is -0.0527. The molecule has 0 atom stereocenters. The Morgan fingerprint density at radius 1 is 1.25 bits per heavy atom. The normalized spacial score (nSPS) is 11.4. The summed E-state index contributed by atoms with van der Waals surface area (Å²) in [6, 6.07) is 11.3. The number of benzene rings is 1. The molecule has 1 aromatic heterocycles. The van der Waals surface area contributed by atoms with Gasteiger partial charge in [-0.25, -0.2) is 0 Å². The molecule has 0 saturated heterocycles. The fourth-order valence-corrected chi connectivity index (χ4v) is 2.70. The van der Waals surface area contributed by atoms with Gasteiger partial charge in [0.05, 0.1) is 9.21 Å². The Balaban J connectivity index is 2.02. The van der Waals surface area contributed by atoms with E-state index in [4.69, 9.17) is 16.3 Å². The van der Waals surface area contributed by atoms with Crippen molar-refractivity contribution in [1.82, 2.24) is 0 Å². The smallest absolute Gasteiger partial charge is 0.210 e. The molecular weight excluding hydrogens is 292 g/mol. The van der Waals surface area contributed by atoms with Crippen molar-refractivity contribution >= 4 is 28.7 Å². The summed E-state index contributed by atoms with van der Waals surface area (Å²) in [7, 11) is 0. The van der Waals surface area contributed by atoms with Crippen molar-refractivity contribution in [3.05, 3.63) is 51.2 Å². The van der Waals surface area contributed by atoms with E-state index in [0.29, 0.717) is 15.0 Å². The lowest BCUT2D eigenvalue weighted by atomic mass is 9.87. The second-order valence-electron chi connectivity index (χ2n) is 5.59. The molecule has 0 fully saturated rings. The third kappa shape index (κ3) is 3.84. The number of ether oxygens (including phenoxy) is 1. The summed E-state index contributed by atoms with van der Waals surface area (Å²) < 4.78 is 6.20. The van der Waals surface area contributed by atoms with Crippen LogP contribution in [0.15, 0.2) is 36.4 Å². The van der Waals surface area contributed by atoms with Crippen LogP contribution in [0.1, 0.15) is 36.0 Å². The van der Waals surface area contributed by atoms with Crippen molar-refractivity contribution in [2.24, 2.45) is 0 Å². The zero-order valence-corrected chi connectivity index (χ0v) is 13.3. The molecule has 0 radical (unpaired) electrons. The molecule has 0 aliphatic rings. The van der Waals surface area contributed by atoms with Crippen LogP contribution in [-0.2, 0) is 5.41 Å². The molecule has 2 nitrogen and oxygen atoms in total. The molecule has 0 saturated carbocycles. The van der Waals surface area contributed by atoms with E-state index >= 15 is 0 Å². The lowest BCUT2D eigenvalue weighted by Crippen LogP contribution is -2.13. The Bertz CT molecular complexity index is 611. The Morgan fingerprint density at radius 2 is 2.00 bits per heavy atom. The highest BCUT2D eigenvalue weighted by Gasteiger charge is 2.15. The lowest BCUT2D eigenvalue weighted by molar-refractivity contribution is 0.0925. The molecule has 4 heteroatoms. The monoisotopic (exact) mass is 308 g/mol. The second-order valence-corrected chi connectivity index (χ2v) is 7.31. The van der Waals surface area contributed by atoms with Crippen LogP contribution in [0.25, 0.3) is 0 Å². The number of thiophene rings is 1. The highest BCUT2D eigenvalue weighted by Crippen LogP contribution is 2.26. The van der Waals surface area contributed by atoms with Crippen LogP contribution in [0, 0.1) is 0 Å². The predicted molar refractivity (Wildman–Crippen MR) is 84.3 cm³/mol. The lowest BCUT2D eigenvalue weighted by Gasteiger charge is -2.19. The number of carbonyl (C=O) groups is 1. The van der Waals surface area contributed by atoms with Crippen LogP contribution >= 0.6 is 22.9 Å². The maximum atomic E-state index is 11.9. The molecule has 2 rings (SSSR count). The average Bonchev–Trinajstić information content (AvgIpc) is 2.82. The van der Waals surface area contributed by atoms with Gasteiger partial charge < -0.3 is 4.74 Å². The SMILES string of the molecule is CC(C)(C)c1cccc(OCC(=O)c2ccc(Cl)s2)c1. The van der Waals surface area contributed by atoms with Crippen molar-refractivity contribution in [2.75, 3.05) is 6.61 Å². The van der Waals surface area contributed by atoms with Crippen LogP contribution in [0.5, 0.6) is 5.75 Å². The second kappa shape index (κ2) is 5.98. The Kier molecular flexibility index (Phi) is 4.51. The Morgan fingerprint density at radius 3 is 2.60 bits per heavy atom. The van der Waals surface area contributed by atoms with Gasteiger partial charge in [0.25, 0.3) is 0 Å². The fraction of sp³-hybridized carbons (Fsp3) is 0.312. The van der Waals surface area contributed by atoms with Gasteiger partial charge in [0, 0.05) is 0 Å². The molecule has 0 aliphatic carbocycles. The number of hydrogen-bond acceptors (Lipinski definition) is 3. The van der Waals surface area contributed by atoms with Crippen molar-refractivity contribution in [2.45, 2.75) is 26.2 Å². The Hall–Kier alpha value is -1.32. The Labute approximate surface area is 128 Å². The summed E-state index contributed by atoms with van der Waals surface area (Å²) in [5.74, 6) is 0.663. The average molecular weight is 309 g/mol. The highest BCUT2D eigenvalue weighted by molar-refractivity contribution is 7.18. The summed E-state index contributed by atoms with van der Waals surface area (Å²) in [4.78, 5) is 12.6. The molecule has 1 heterocycles. The van der Waals surface area contributed by atoms with Gasteiger partial charge in [-0.3, -0.25) is 4.79 Å². The quantitative estimate of drug-likeness (QED) is 0.746. The first-order chi connectivity index (χ1) is 9.36. The predicted octanol–water partition coefficient (Wildman–Crippen LogP) is 4.96. The number of Topliss-reactive ketones (excluding diaryl/α,β-unsaturated/α-hetero) is 1. The number of halogens is 1. The van der Waals surface area contributed by atoms with Gasteiger partial charge in [-0.2, -0.15) is 0 Å². The molecule has 1 aromatic carbocycles. The molecule has 2 aromatic rings. The van der Waals surface area contributed by atoms with Crippen LogP contribution < -0.4 is 4.74 Å². The third-order valence-electron chi connectivity index (χ3n) is 2.92. The van der Waals surface area contributed by atoms with Gasteiger partial charge >= 0.3 is 0 Å². The third-order valence-corrected chi connectivity index (χ3v) is 4.19. The number of ketones is 1. The molecule has 0 amide bonds.